The molecule has 0 saturated heterocycles. The molecule has 1 aromatic heterocycles. The smallest absolute Gasteiger partial charge is 0.182 e. The van der Waals surface area contributed by atoms with Crippen molar-refractivity contribution >= 4 is 5.69 Å². The fraction of sp³-hybridized carbons (Fsp3) is 0.533. The minimum absolute atomic E-state index is 0.609. The Hall–Kier alpha value is -2.11. The number of methoxy groups -OCH3 is 1. The minimum atomic E-state index is 0.609. The zero-order valence-corrected chi connectivity index (χ0v) is 12.9. The number of aromatic nitrogens is 4. The van der Waals surface area contributed by atoms with E-state index in [1.807, 2.05) is 22.9 Å². The molecule has 0 aliphatic rings. The molecule has 2 rings (SSSR count). The number of unbranched alkanes of at least 4 members (excludes halogenated alkanes) is 1. The van der Waals surface area contributed by atoms with E-state index in [9.17, 15) is 0 Å². The van der Waals surface area contributed by atoms with Gasteiger partial charge in [-0.2, -0.15) is 0 Å². The molecule has 1 heterocycles. The van der Waals surface area contributed by atoms with E-state index in [0.29, 0.717) is 11.4 Å². The predicted molar refractivity (Wildman–Crippen MR) is 82.9 cm³/mol. The number of nitrogen functional groups attached to an aromatic ring is 1. The van der Waals surface area contributed by atoms with Crippen LogP contribution in [0, 0.1) is 5.92 Å². The summed E-state index contributed by atoms with van der Waals surface area (Å²) in [5.74, 6) is 2.12. The monoisotopic (exact) mass is 289 g/mol. The maximum Gasteiger partial charge on any atom is 0.182 e. The van der Waals surface area contributed by atoms with Gasteiger partial charge < -0.3 is 10.5 Å². The second kappa shape index (κ2) is 7.06. The maximum atomic E-state index is 5.83. The molecule has 1 aromatic carbocycles. The summed E-state index contributed by atoms with van der Waals surface area (Å²) in [6.45, 7) is 5.30. The lowest BCUT2D eigenvalue weighted by molar-refractivity contribution is 0.417. The lowest BCUT2D eigenvalue weighted by Gasteiger charge is -2.08. The number of benzene rings is 1. The number of rotatable bonds is 7. The molecular formula is C15H23N5O. The van der Waals surface area contributed by atoms with E-state index in [2.05, 4.69) is 29.4 Å². The SMILES string of the molecule is COc1cc(-c2nnnn2CCCCC(C)C)ccc1N. The van der Waals surface area contributed by atoms with Crippen molar-refractivity contribution in [2.45, 2.75) is 39.7 Å². The van der Waals surface area contributed by atoms with E-state index in [-0.39, 0.29) is 0 Å². The van der Waals surface area contributed by atoms with E-state index in [1.165, 1.54) is 12.8 Å². The lowest BCUT2D eigenvalue weighted by atomic mass is 10.1. The molecule has 0 aliphatic heterocycles. The highest BCUT2D eigenvalue weighted by molar-refractivity contribution is 5.65. The summed E-state index contributed by atoms with van der Waals surface area (Å²) < 4.78 is 7.08. The number of tetrazole rings is 1. The van der Waals surface area contributed by atoms with Gasteiger partial charge >= 0.3 is 0 Å². The predicted octanol–water partition coefficient (Wildman–Crippen LogP) is 2.76. The van der Waals surface area contributed by atoms with Crippen molar-refractivity contribution in [2.24, 2.45) is 5.92 Å². The van der Waals surface area contributed by atoms with Crippen molar-refractivity contribution in [1.29, 1.82) is 0 Å². The van der Waals surface area contributed by atoms with Crippen LogP contribution in [0.3, 0.4) is 0 Å². The van der Waals surface area contributed by atoms with Crippen molar-refractivity contribution in [3.63, 3.8) is 0 Å². The molecule has 6 heteroatoms. The average Bonchev–Trinajstić information content (AvgIpc) is 2.92. The molecule has 0 atom stereocenters. The third kappa shape index (κ3) is 3.93. The van der Waals surface area contributed by atoms with Gasteiger partial charge in [0.25, 0.3) is 0 Å². The topological polar surface area (TPSA) is 78.9 Å². The first kappa shape index (κ1) is 15.3. The van der Waals surface area contributed by atoms with E-state index >= 15 is 0 Å². The number of anilines is 1. The molecule has 0 unspecified atom stereocenters. The van der Waals surface area contributed by atoms with Gasteiger partial charge in [0, 0.05) is 12.1 Å². The van der Waals surface area contributed by atoms with Gasteiger partial charge in [0.1, 0.15) is 5.75 Å². The molecule has 114 valence electrons. The summed E-state index contributed by atoms with van der Waals surface area (Å²) in [6.07, 6.45) is 3.48. The summed E-state index contributed by atoms with van der Waals surface area (Å²) in [4.78, 5) is 0. The van der Waals surface area contributed by atoms with Gasteiger partial charge in [-0.25, -0.2) is 4.68 Å². The van der Waals surface area contributed by atoms with Crippen molar-refractivity contribution in [3.05, 3.63) is 18.2 Å². The summed E-state index contributed by atoms with van der Waals surface area (Å²) >= 11 is 0. The molecule has 0 saturated carbocycles. The molecule has 2 N–H and O–H groups in total. The fourth-order valence-corrected chi connectivity index (χ4v) is 2.23. The third-order valence-electron chi connectivity index (χ3n) is 3.42. The highest BCUT2D eigenvalue weighted by Crippen LogP contribution is 2.27. The van der Waals surface area contributed by atoms with E-state index in [0.717, 1.165) is 30.3 Å². The first-order chi connectivity index (χ1) is 10.1. The normalized spacial score (nSPS) is 11.0. The summed E-state index contributed by atoms with van der Waals surface area (Å²) in [7, 11) is 1.60. The van der Waals surface area contributed by atoms with Crippen molar-refractivity contribution in [1.82, 2.24) is 20.2 Å². The Morgan fingerprint density at radius 3 is 2.81 bits per heavy atom. The Balaban J connectivity index is 2.09. The van der Waals surface area contributed by atoms with Crippen LogP contribution < -0.4 is 10.5 Å². The summed E-state index contributed by atoms with van der Waals surface area (Å²) in [5.41, 5.74) is 7.35. The molecule has 0 aliphatic carbocycles. The molecule has 0 fully saturated rings. The molecule has 0 bridgehead atoms. The van der Waals surface area contributed by atoms with Crippen LogP contribution in [0.25, 0.3) is 11.4 Å². The van der Waals surface area contributed by atoms with Crippen molar-refractivity contribution < 1.29 is 4.74 Å². The van der Waals surface area contributed by atoms with Gasteiger partial charge in [-0.3, -0.25) is 0 Å². The lowest BCUT2D eigenvalue weighted by Crippen LogP contribution is -2.04. The Labute approximate surface area is 125 Å². The van der Waals surface area contributed by atoms with Crippen LogP contribution in [0.5, 0.6) is 5.75 Å². The third-order valence-corrected chi connectivity index (χ3v) is 3.42. The molecular weight excluding hydrogens is 266 g/mol. The van der Waals surface area contributed by atoms with Gasteiger partial charge in [-0.15, -0.1) is 5.10 Å². The molecule has 6 nitrogen and oxygen atoms in total. The van der Waals surface area contributed by atoms with Gasteiger partial charge in [0.2, 0.25) is 0 Å². The van der Waals surface area contributed by atoms with Crippen LogP contribution in [0.2, 0.25) is 0 Å². The van der Waals surface area contributed by atoms with Crippen molar-refractivity contribution in [3.8, 4) is 17.1 Å². The van der Waals surface area contributed by atoms with Crippen LogP contribution in [-0.4, -0.2) is 27.3 Å². The maximum absolute atomic E-state index is 5.83. The first-order valence-electron chi connectivity index (χ1n) is 7.32. The van der Waals surface area contributed by atoms with E-state index in [4.69, 9.17) is 10.5 Å². The second-order valence-electron chi connectivity index (χ2n) is 5.57. The van der Waals surface area contributed by atoms with E-state index in [1.54, 1.807) is 7.11 Å². The number of ether oxygens (including phenoxy) is 1. The zero-order chi connectivity index (χ0) is 15.2. The Morgan fingerprint density at radius 1 is 1.29 bits per heavy atom. The Morgan fingerprint density at radius 2 is 2.10 bits per heavy atom. The van der Waals surface area contributed by atoms with Gasteiger partial charge in [0.05, 0.1) is 12.8 Å². The molecule has 2 aromatic rings. The molecule has 21 heavy (non-hydrogen) atoms. The number of hydrogen-bond acceptors (Lipinski definition) is 5. The highest BCUT2D eigenvalue weighted by atomic mass is 16.5. The second-order valence-corrected chi connectivity index (χ2v) is 5.57. The van der Waals surface area contributed by atoms with Crippen LogP contribution in [0.1, 0.15) is 33.1 Å². The van der Waals surface area contributed by atoms with Crippen LogP contribution in [-0.2, 0) is 6.54 Å². The van der Waals surface area contributed by atoms with Crippen LogP contribution in [0.4, 0.5) is 5.69 Å². The number of hydrogen-bond donors (Lipinski definition) is 1. The number of nitrogens with zero attached hydrogens (tertiary/aromatic N) is 4. The number of nitrogens with two attached hydrogens (primary N) is 1. The Bertz CT molecular complexity index is 579. The fourth-order valence-electron chi connectivity index (χ4n) is 2.23. The Kier molecular flexibility index (Phi) is 5.14. The van der Waals surface area contributed by atoms with Gasteiger partial charge in [0.15, 0.2) is 5.82 Å². The van der Waals surface area contributed by atoms with Crippen LogP contribution in [0.15, 0.2) is 18.2 Å². The number of aryl methyl sites for hydroxylation is 1. The standard InChI is InChI=1S/C15H23N5O/c1-11(2)6-4-5-9-20-15(17-18-19-20)12-7-8-13(16)14(10-12)21-3/h7-8,10-11H,4-6,9,16H2,1-3H3. The van der Waals surface area contributed by atoms with Crippen LogP contribution >= 0.6 is 0 Å². The average molecular weight is 289 g/mol. The van der Waals surface area contributed by atoms with Crippen molar-refractivity contribution in [2.75, 3.05) is 12.8 Å². The minimum Gasteiger partial charge on any atom is -0.495 e. The summed E-state index contributed by atoms with van der Waals surface area (Å²) in [6, 6.07) is 5.59. The zero-order valence-electron chi connectivity index (χ0n) is 12.9. The molecule has 0 radical (unpaired) electrons. The van der Waals surface area contributed by atoms with E-state index < -0.39 is 0 Å². The van der Waals surface area contributed by atoms with Gasteiger partial charge in [-0.1, -0.05) is 26.7 Å². The van der Waals surface area contributed by atoms with Gasteiger partial charge in [-0.05, 0) is 41.0 Å². The summed E-state index contributed by atoms with van der Waals surface area (Å²) in [5, 5.41) is 12.0. The highest BCUT2D eigenvalue weighted by Gasteiger charge is 2.11. The molecule has 0 amide bonds. The molecule has 0 spiro atoms. The first-order valence-corrected chi connectivity index (χ1v) is 7.32. The largest absolute Gasteiger partial charge is 0.495 e. The quantitative estimate of drug-likeness (QED) is 0.626.